The van der Waals surface area contributed by atoms with Crippen LogP contribution in [0, 0.1) is 11.3 Å². The number of H-pyrrole nitrogens is 1. The molecule has 2 aliphatic heterocycles. The second kappa shape index (κ2) is 7.11. The number of halogens is 1. The molecule has 4 rings (SSSR count). The minimum Gasteiger partial charge on any atom is -0.358 e. The van der Waals surface area contributed by atoms with Crippen molar-refractivity contribution in [1.82, 2.24) is 14.8 Å². The molecule has 0 spiro atoms. The van der Waals surface area contributed by atoms with Gasteiger partial charge in [-0.15, -0.1) is 0 Å². The first kappa shape index (κ1) is 19.3. The highest BCUT2D eigenvalue weighted by atomic mass is 35.5. The van der Waals surface area contributed by atoms with Gasteiger partial charge in [-0.05, 0) is 31.0 Å². The lowest BCUT2D eigenvalue weighted by molar-refractivity contribution is -0.145. The second-order valence-corrected chi connectivity index (χ2v) is 9.53. The van der Waals surface area contributed by atoms with Gasteiger partial charge >= 0.3 is 0 Å². The first-order valence-corrected chi connectivity index (χ1v) is 10.5. The van der Waals surface area contributed by atoms with Crippen molar-refractivity contribution in [2.75, 3.05) is 19.6 Å². The molecule has 1 aromatic heterocycles. The van der Waals surface area contributed by atoms with Gasteiger partial charge < -0.3 is 14.8 Å². The van der Waals surface area contributed by atoms with Crippen LogP contribution in [0.3, 0.4) is 0 Å². The number of carbonyl (C=O) groups is 2. The van der Waals surface area contributed by atoms with Crippen LogP contribution in [0.4, 0.5) is 0 Å². The van der Waals surface area contributed by atoms with Gasteiger partial charge in [-0.2, -0.15) is 0 Å². The summed E-state index contributed by atoms with van der Waals surface area (Å²) in [7, 11) is 0. The molecule has 2 aliphatic rings. The summed E-state index contributed by atoms with van der Waals surface area (Å²) >= 11 is 6.18. The number of fused-ring (bicyclic) bond motifs is 3. The van der Waals surface area contributed by atoms with E-state index in [0.717, 1.165) is 36.7 Å². The van der Waals surface area contributed by atoms with Crippen LogP contribution in [0.25, 0.3) is 10.9 Å². The number of benzene rings is 1. The molecule has 3 heterocycles. The average Bonchev–Trinajstić information content (AvgIpc) is 3.03. The van der Waals surface area contributed by atoms with Crippen molar-refractivity contribution in [3.63, 3.8) is 0 Å². The number of hydrogen-bond acceptors (Lipinski definition) is 2. The molecule has 1 fully saturated rings. The Balaban J connectivity index is 1.44. The van der Waals surface area contributed by atoms with E-state index in [1.807, 2.05) is 48.8 Å². The monoisotopic (exact) mass is 401 g/mol. The SMILES string of the molecule is CC(C)(C)C(=O)N1CCC(C(=O)N2CCc3[nH]c4ccc(Cl)cc4c3C2)CC1. The maximum Gasteiger partial charge on any atom is 0.227 e. The van der Waals surface area contributed by atoms with E-state index in [9.17, 15) is 9.59 Å². The standard InChI is InChI=1S/C22H28ClN3O2/c1-22(2,3)21(28)25-9-6-14(7-10-25)20(27)26-11-8-19-17(13-26)16-12-15(23)4-5-18(16)24-19/h4-5,12,14,24H,6-11,13H2,1-3H3. The van der Waals surface area contributed by atoms with E-state index in [2.05, 4.69) is 4.98 Å². The number of carbonyl (C=O) groups excluding carboxylic acids is 2. The van der Waals surface area contributed by atoms with Gasteiger partial charge in [0.1, 0.15) is 0 Å². The van der Waals surface area contributed by atoms with E-state index in [-0.39, 0.29) is 23.1 Å². The summed E-state index contributed by atoms with van der Waals surface area (Å²) < 4.78 is 0. The molecule has 0 radical (unpaired) electrons. The van der Waals surface area contributed by atoms with E-state index in [4.69, 9.17) is 11.6 Å². The Bertz CT molecular complexity index is 920. The highest BCUT2D eigenvalue weighted by Gasteiger charge is 2.35. The predicted molar refractivity (Wildman–Crippen MR) is 111 cm³/mol. The van der Waals surface area contributed by atoms with Gasteiger partial charge in [0, 0.05) is 71.1 Å². The van der Waals surface area contributed by atoms with Crippen LogP contribution in [0.15, 0.2) is 18.2 Å². The molecule has 1 N–H and O–H groups in total. The smallest absolute Gasteiger partial charge is 0.227 e. The van der Waals surface area contributed by atoms with E-state index < -0.39 is 0 Å². The van der Waals surface area contributed by atoms with Gasteiger partial charge in [-0.3, -0.25) is 9.59 Å². The van der Waals surface area contributed by atoms with Crippen LogP contribution in [0.1, 0.15) is 44.9 Å². The number of likely N-dealkylation sites (tertiary alicyclic amines) is 1. The molecule has 0 saturated carbocycles. The largest absolute Gasteiger partial charge is 0.358 e. The van der Waals surface area contributed by atoms with Crippen molar-refractivity contribution in [2.45, 2.75) is 46.6 Å². The Kier molecular flexibility index (Phi) is 4.90. The summed E-state index contributed by atoms with van der Waals surface area (Å²) in [6.07, 6.45) is 2.35. The Morgan fingerprint density at radius 1 is 1.11 bits per heavy atom. The fourth-order valence-electron chi connectivity index (χ4n) is 4.44. The molecule has 2 aromatic rings. The summed E-state index contributed by atoms with van der Waals surface area (Å²) in [5.74, 6) is 0.418. The van der Waals surface area contributed by atoms with Gasteiger partial charge in [0.15, 0.2) is 0 Å². The van der Waals surface area contributed by atoms with Crippen molar-refractivity contribution >= 4 is 34.3 Å². The summed E-state index contributed by atoms with van der Waals surface area (Å²) in [5.41, 5.74) is 3.12. The zero-order valence-electron chi connectivity index (χ0n) is 16.8. The third-order valence-corrected chi connectivity index (χ3v) is 6.26. The molecule has 0 atom stereocenters. The summed E-state index contributed by atoms with van der Waals surface area (Å²) in [4.78, 5) is 33.0. The van der Waals surface area contributed by atoms with Crippen LogP contribution in [0.2, 0.25) is 5.02 Å². The summed E-state index contributed by atoms with van der Waals surface area (Å²) in [6.45, 7) is 8.58. The second-order valence-electron chi connectivity index (χ2n) is 9.10. The average molecular weight is 402 g/mol. The number of nitrogens with zero attached hydrogens (tertiary/aromatic N) is 2. The van der Waals surface area contributed by atoms with E-state index in [1.54, 1.807) is 0 Å². The van der Waals surface area contributed by atoms with Gasteiger partial charge in [-0.25, -0.2) is 0 Å². The lowest BCUT2D eigenvalue weighted by Gasteiger charge is -2.37. The highest BCUT2D eigenvalue weighted by molar-refractivity contribution is 6.31. The summed E-state index contributed by atoms with van der Waals surface area (Å²) in [5, 5.41) is 1.83. The maximum atomic E-state index is 13.1. The Morgan fingerprint density at radius 2 is 1.82 bits per heavy atom. The minimum atomic E-state index is -0.364. The van der Waals surface area contributed by atoms with Gasteiger partial charge in [0.25, 0.3) is 0 Å². The van der Waals surface area contributed by atoms with Gasteiger partial charge in [-0.1, -0.05) is 32.4 Å². The molecule has 150 valence electrons. The zero-order chi connectivity index (χ0) is 20.1. The number of aromatic amines is 1. The lowest BCUT2D eigenvalue weighted by Crippen LogP contribution is -2.48. The molecule has 2 amide bonds. The molecular weight excluding hydrogens is 374 g/mol. The number of amides is 2. The number of nitrogens with one attached hydrogen (secondary N) is 1. The maximum absolute atomic E-state index is 13.1. The molecule has 1 aromatic carbocycles. The number of hydrogen-bond donors (Lipinski definition) is 1. The number of piperidine rings is 1. The van der Waals surface area contributed by atoms with Crippen molar-refractivity contribution in [3.05, 3.63) is 34.5 Å². The fraction of sp³-hybridized carbons (Fsp3) is 0.545. The summed E-state index contributed by atoms with van der Waals surface area (Å²) in [6, 6.07) is 5.88. The van der Waals surface area contributed by atoms with Crippen LogP contribution < -0.4 is 0 Å². The third kappa shape index (κ3) is 3.52. The quantitative estimate of drug-likeness (QED) is 0.785. The normalized spacial score (nSPS) is 18.4. The highest BCUT2D eigenvalue weighted by Crippen LogP contribution is 2.31. The number of rotatable bonds is 1. The minimum absolute atomic E-state index is 0.0133. The molecule has 0 bridgehead atoms. The van der Waals surface area contributed by atoms with Crippen molar-refractivity contribution in [1.29, 1.82) is 0 Å². The van der Waals surface area contributed by atoms with Crippen LogP contribution >= 0.6 is 11.6 Å². The van der Waals surface area contributed by atoms with E-state index in [1.165, 1.54) is 11.3 Å². The lowest BCUT2D eigenvalue weighted by atomic mass is 9.90. The van der Waals surface area contributed by atoms with Crippen molar-refractivity contribution in [3.8, 4) is 0 Å². The molecule has 0 unspecified atom stereocenters. The third-order valence-electron chi connectivity index (χ3n) is 6.02. The molecule has 0 aliphatic carbocycles. The van der Waals surface area contributed by atoms with Gasteiger partial charge in [0.05, 0.1) is 0 Å². The molecule has 5 nitrogen and oxygen atoms in total. The molecular formula is C22H28ClN3O2. The topological polar surface area (TPSA) is 56.4 Å². The van der Waals surface area contributed by atoms with Crippen LogP contribution in [-0.4, -0.2) is 46.2 Å². The van der Waals surface area contributed by atoms with E-state index in [0.29, 0.717) is 24.7 Å². The van der Waals surface area contributed by atoms with E-state index >= 15 is 0 Å². The molecule has 28 heavy (non-hydrogen) atoms. The first-order chi connectivity index (χ1) is 13.2. The van der Waals surface area contributed by atoms with Gasteiger partial charge in [0.2, 0.25) is 11.8 Å². The fourth-order valence-corrected chi connectivity index (χ4v) is 4.61. The van der Waals surface area contributed by atoms with Crippen molar-refractivity contribution < 1.29 is 9.59 Å². The Morgan fingerprint density at radius 3 is 2.50 bits per heavy atom. The molecule has 1 saturated heterocycles. The predicted octanol–water partition coefficient (Wildman–Crippen LogP) is 3.99. The van der Waals surface area contributed by atoms with Crippen molar-refractivity contribution in [2.24, 2.45) is 11.3 Å². The first-order valence-electron chi connectivity index (χ1n) is 10.1. The Labute approximate surface area is 171 Å². The van der Waals surface area contributed by atoms with Crippen LogP contribution in [-0.2, 0) is 22.6 Å². The van der Waals surface area contributed by atoms with Crippen LogP contribution in [0.5, 0.6) is 0 Å². The number of aromatic nitrogens is 1. The Hall–Kier alpha value is -2.01. The zero-order valence-corrected chi connectivity index (χ0v) is 17.6. The molecule has 6 heteroatoms.